The van der Waals surface area contributed by atoms with E-state index in [1.165, 1.54) is 17.5 Å². The van der Waals surface area contributed by atoms with Gasteiger partial charge >= 0.3 is 0 Å². The zero-order chi connectivity index (χ0) is 13.0. The van der Waals surface area contributed by atoms with Crippen LogP contribution in [0.2, 0.25) is 0 Å². The summed E-state index contributed by atoms with van der Waals surface area (Å²) in [7, 11) is 1.73. The maximum Gasteiger partial charge on any atom is 0.119 e. The molecule has 0 spiro atoms. The van der Waals surface area contributed by atoms with Crippen molar-refractivity contribution in [3.63, 3.8) is 0 Å². The summed E-state index contributed by atoms with van der Waals surface area (Å²) in [6.45, 7) is 7.82. The van der Waals surface area contributed by atoms with Crippen molar-refractivity contribution in [2.24, 2.45) is 5.41 Å². The van der Waals surface area contributed by atoms with Crippen molar-refractivity contribution in [2.45, 2.75) is 32.1 Å². The average molecular weight is 242 g/mol. The molecule has 0 bridgehead atoms. The number of fused-ring (bicyclic) bond motifs is 1. The minimum Gasteiger partial charge on any atom is -0.497 e. The van der Waals surface area contributed by atoms with Gasteiger partial charge in [-0.25, -0.2) is 0 Å². The quantitative estimate of drug-likeness (QED) is 0.699. The highest BCUT2D eigenvalue weighted by atomic mass is 16.5. The van der Waals surface area contributed by atoms with E-state index in [4.69, 9.17) is 4.74 Å². The maximum atomic E-state index is 5.29. The highest BCUT2D eigenvalue weighted by Crippen LogP contribution is 2.42. The van der Waals surface area contributed by atoms with Gasteiger partial charge in [0.05, 0.1) is 7.11 Å². The normalized spacial score (nSPS) is 16.7. The van der Waals surface area contributed by atoms with Crippen molar-refractivity contribution in [3.8, 4) is 5.75 Å². The average Bonchev–Trinajstić information content (AvgIpc) is 2.39. The predicted molar refractivity (Wildman–Crippen MR) is 77.1 cm³/mol. The summed E-state index contributed by atoms with van der Waals surface area (Å²) in [6, 6.07) is 6.46. The third-order valence-electron chi connectivity index (χ3n) is 4.06. The molecule has 0 N–H and O–H groups in total. The van der Waals surface area contributed by atoms with Crippen LogP contribution in [0.25, 0.3) is 0 Å². The largest absolute Gasteiger partial charge is 0.497 e. The molecule has 0 unspecified atom stereocenters. The first-order valence-corrected chi connectivity index (χ1v) is 6.60. The Morgan fingerprint density at radius 1 is 1.22 bits per heavy atom. The molecule has 0 amide bonds. The second-order valence-corrected chi connectivity index (χ2v) is 5.30. The molecule has 2 rings (SSSR count). The van der Waals surface area contributed by atoms with Gasteiger partial charge < -0.3 is 4.74 Å². The van der Waals surface area contributed by atoms with Crippen LogP contribution in [0.3, 0.4) is 0 Å². The van der Waals surface area contributed by atoms with Gasteiger partial charge in [0.1, 0.15) is 5.75 Å². The molecule has 1 aliphatic carbocycles. The van der Waals surface area contributed by atoms with E-state index in [1.807, 2.05) is 0 Å². The number of hydrogen-bond donors (Lipinski definition) is 0. The zero-order valence-electron chi connectivity index (χ0n) is 11.2. The van der Waals surface area contributed by atoms with Gasteiger partial charge in [0.15, 0.2) is 0 Å². The number of methoxy groups -OCH3 is 1. The highest BCUT2D eigenvalue weighted by Gasteiger charge is 2.32. The van der Waals surface area contributed by atoms with Crippen molar-refractivity contribution in [1.82, 2.24) is 0 Å². The summed E-state index contributed by atoms with van der Waals surface area (Å²) < 4.78 is 5.29. The van der Waals surface area contributed by atoms with Crippen LogP contribution in [-0.2, 0) is 12.8 Å². The second kappa shape index (κ2) is 5.43. The Bertz CT molecular complexity index is 435. The van der Waals surface area contributed by atoms with Crippen LogP contribution in [0.4, 0.5) is 0 Å². The molecule has 1 heteroatoms. The van der Waals surface area contributed by atoms with E-state index in [1.54, 1.807) is 7.11 Å². The van der Waals surface area contributed by atoms with Crippen LogP contribution in [0.5, 0.6) is 5.75 Å². The molecule has 18 heavy (non-hydrogen) atoms. The smallest absolute Gasteiger partial charge is 0.119 e. The Labute approximate surface area is 110 Å². The van der Waals surface area contributed by atoms with Gasteiger partial charge in [0.25, 0.3) is 0 Å². The van der Waals surface area contributed by atoms with Crippen molar-refractivity contribution in [3.05, 3.63) is 54.6 Å². The molecule has 0 fully saturated rings. The summed E-state index contributed by atoms with van der Waals surface area (Å²) in [5, 5.41) is 0. The molecule has 0 radical (unpaired) electrons. The molecular formula is C17H22O. The van der Waals surface area contributed by atoms with Crippen LogP contribution in [0.1, 0.15) is 30.4 Å². The molecule has 0 heterocycles. The fraction of sp³-hybridized carbons (Fsp3) is 0.412. The summed E-state index contributed by atoms with van der Waals surface area (Å²) in [5.74, 6) is 0.966. The number of benzene rings is 1. The fourth-order valence-electron chi connectivity index (χ4n) is 3.07. The molecule has 1 aromatic rings. The lowest BCUT2D eigenvalue weighted by Crippen LogP contribution is -2.28. The van der Waals surface area contributed by atoms with Crippen LogP contribution in [-0.4, -0.2) is 7.11 Å². The topological polar surface area (TPSA) is 9.23 Å². The van der Waals surface area contributed by atoms with E-state index in [2.05, 4.69) is 43.5 Å². The molecule has 1 nitrogen and oxygen atoms in total. The van der Waals surface area contributed by atoms with E-state index in [0.29, 0.717) is 5.41 Å². The first-order valence-electron chi connectivity index (χ1n) is 6.60. The lowest BCUT2D eigenvalue weighted by Gasteiger charge is -2.37. The van der Waals surface area contributed by atoms with Gasteiger partial charge in [0.2, 0.25) is 0 Å². The van der Waals surface area contributed by atoms with Crippen LogP contribution >= 0.6 is 0 Å². The van der Waals surface area contributed by atoms with E-state index in [9.17, 15) is 0 Å². The maximum absolute atomic E-state index is 5.29. The molecule has 0 saturated heterocycles. The molecule has 0 aliphatic heterocycles. The van der Waals surface area contributed by atoms with Crippen LogP contribution in [0, 0.1) is 5.41 Å². The van der Waals surface area contributed by atoms with Gasteiger partial charge in [-0.3, -0.25) is 0 Å². The zero-order valence-corrected chi connectivity index (χ0v) is 11.2. The Morgan fingerprint density at radius 3 is 2.56 bits per heavy atom. The van der Waals surface area contributed by atoms with Gasteiger partial charge in [-0.15, -0.1) is 13.2 Å². The highest BCUT2D eigenvalue weighted by molar-refractivity contribution is 5.38. The second-order valence-electron chi connectivity index (χ2n) is 5.30. The molecule has 0 aromatic heterocycles. The predicted octanol–water partition coefficient (Wildman–Crippen LogP) is 4.32. The number of aryl methyl sites for hydroxylation is 1. The molecule has 0 atom stereocenters. The minimum atomic E-state index is 0.338. The van der Waals surface area contributed by atoms with Crippen LogP contribution < -0.4 is 4.74 Å². The SMILES string of the molecule is C=CCC1(CC=C)CCc2cc(OC)ccc2C1. The first-order chi connectivity index (χ1) is 8.73. The van der Waals surface area contributed by atoms with Crippen LogP contribution in [0.15, 0.2) is 43.5 Å². The monoisotopic (exact) mass is 242 g/mol. The fourth-order valence-corrected chi connectivity index (χ4v) is 3.07. The third-order valence-corrected chi connectivity index (χ3v) is 4.06. The Balaban J connectivity index is 2.27. The Morgan fingerprint density at radius 2 is 1.94 bits per heavy atom. The third kappa shape index (κ3) is 2.50. The molecule has 1 aromatic carbocycles. The van der Waals surface area contributed by atoms with Crippen molar-refractivity contribution < 1.29 is 4.74 Å². The Kier molecular flexibility index (Phi) is 3.90. The molecular weight excluding hydrogens is 220 g/mol. The summed E-state index contributed by atoms with van der Waals surface area (Å²) in [6.07, 6.45) is 9.73. The van der Waals surface area contributed by atoms with E-state index >= 15 is 0 Å². The Hall–Kier alpha value is -1.50. The summed E-state index contributed by atoms with van der Waals surface area (Å²) in [4.78, 5) is 0. The van der Waals surface area contributed by atoms with Crippen molar-refractivity contribution >= 4 is 0 Å². The molecule has 1 aliphatic rings. The number of hydrogen-bond acceptors (Lipinski definition) is 1. The standard InChI is InChI=1S/C17H22O/c1-4-9-17(10-5-2)11-8-14-12-16(18-3)7-6-15(14)13-17/h4-7,12H,1-2,8-11,13H2,3H3. The van der Waals surface area contributed by atoms with E-state index in [-0.39, 0.29) is 0 Å². The van der Waals surface area contributed by atoms with Gasteiger partial charge in [-0.1, -0.05) is 18.2 Å². The number of rotatable bonds is 5. The molecule has 0 saturated carbocycles. The first kappa shape index (κ1) is 12.9. The summed E-state index contributed by atoms with van der Waals surface area (Å²) in [5.41, 5.74) is 3.24. The number of ether oxygens (including phenoxy) is 1. The minimum absolute atomic E-state index is 0.338. The van der Waals surface area contributed by atoms with Gasteiger partial charge in [-0.05, 0) is 60.8 Å². The summed E-state index contributed by atoms with van der Waals surface area (Å²) >= 11 is 0. The number of allylic oxidation sites excluding steroid dienone is 2. The van der Waals surface area contributed by atoms with Gasteiger partial charge in [0, 0.05) is 0 Å². The van der Waals surface area contributed by atoms with Crippen molar-refractivity contribution in [2.75, 3.05) is 7.11 Å². The van der Waals surface area contributed by atoms with Crippen molar-refractivity contribution in [1.29, 1.82) is 0 Å². The lowest BCUT2D eigenvalue weighted by atomic mass is 9.68. The van der Waals surface area contributed by atoms with E-state index < -0.39 is 0 Å². The van der Waals surface area contributed by atoms with E-state index in [0.717, 1.165) is 31.4 Å². The van der Waals surface area contributed by atoms with Gasteiger partial charge in [-0.2, -0.15) is 0 Å². The molecule has 96 valence electrons. The lowest BCUT2D eigenvalue weighted by molar-refractivity contribution is 0.251.